The van der Waals surface area contributed by atoms with Crippen LogP contribution in [0.1, 0.15) is 39.5 Å². The number of nitrogens with zero attached hydrogens (tertiary/aromatic N) is 1. The fourth-order valence-electron chi connectivity index (χ4n) is 3.15. The Hall–Kier alpha value is -0.260. The molecule has 1 nitrogen and oxygen atoms in total. The monoisotopic (exact) mass is 265 g/mol. The molecule has 0 aromatic rings. The fourth-order valence-corrected chi connectivity index (χ4v) is 4.42. The van der Waals surface area contributed by atoms with E-state index in [-0.39, 0.29) is 0 Å². The lowest BCUT2D eigenvalue weighted by molar-refractivity contribution is 0.0442. The first-order valence-corrected chi connectivity index (χ1v) is 9.02. The average Bonchev–Trinajstić information content (AvgIpc) is 2.26. The molecule has 0 bridgehead atoms. The van der Waals surface area contributed by atoms with Crippen molar-refractivity contribution in [3.05, 3.63) is 0 Å². The molecule has 1 aliphatic carbocycles. The molecule has 2 aliphatic rings. The molecule has 1 saturated heterocycles. The summed E-state index contributed by atoms with van der Waals surface area (Å²) in [4.78, 5) is 2.53. The van der Waals surface area contributed by atoms with E-state index >= 15 is 0 Å². The Bertz CT molecular complexity index is 358. The quantitative estimate of drug-likeness (QED) is 0.547. The normalized spacial score (nSPS) is 25.6. The number of rotatable bonds is 2. The summed E-state index contributed by atoms with van der Waals surface area (Å²) in [7, 11) is 0.394. The van der Waals surface area contributed by atoms with Crippen LogP contribution in [0.25, 0.3) is 0 Å². The Morgan fingerprint density at radius 3 is 2.44 bits per heavy atom. The lowest BCUT2D eigenvalue weighted by Gasteiger charge is -2.52. The van der Waals surface area contributed by atoms with Gasteiger partial charge < -0.3 is 0 Å². The zero-order chi connectivity index (χ0) is 13.2. The van der Waals surface area contributed by atoms with E-state index in [1.54, 1.807) is 0 Å². The third-order valence-corrected chi connectivity index (χ3v) is 5.97. The van der Waals surface area contributed by atoms with Crippen molar-refractivity contribution < 1.29 is 0 Å². The van der Waals surface area contributed by atoms with Gasteiger partial charge in [0.25, 0.3) is 0 Å². The van der Waals surface area contributed by atoms with Gasteiger partial charge in [0.15, 0.2) is 0 Å². The van der Waals surface area contributed by atoms with Crippen LogP contribution in [-0.4, -0.2) is 41.9 Å². The molecule has 2 fully saturated rings. The molecule has 1 spiro atoms. The van der Waals surface area contributed by atoms with Crippen molar-refractivity contribution >= 4 is 16.4 Å². The molecule has 0 aromatic heterocycles. The minimum Gasteiger partial charge on any atom is -0.292 e. The maximum absolute atomic E-state index is 4.21. The minimum absolute atomic E-state index is 0.394. The molecular weight excluding hydrogens is 238 g/mol. The van der Waals surface area contributed by atoms with Gasteiger partial charge in [0.2, 0.25) is 0 Å². The largest absolute Gasteiger partial charge is 0.292 e. The lowest BCUT2D eigenvalue weighted by Crippen LogP contribution is -2.48. The van der Waals surface area contributed by atoms with Gasteiger partial charge in [-0.3, -0.25) is 4.90 Å². The zero-order valence-corrected chi connectivity index (χ0v) is 13.0. The van der Waals surface area contributed by atoms with Gasteiger partial charge in [0.05, 0.1) is 6.54 Å². The van der Waals surface area contributed by atoms with Gasteiger partial charge in [0, 0.05) is 5.92 Å². The Morgan fingerprint density at radius 2 is 1.94 bits per heavy atom. The van der Waals surface area contributed by atoms with Crippen LogP contribution in [0, 0.1) is 23.2 Å². The molecule has 0 N–H and O–H groups in total. The first-order valence-electron chi connectivity index (χ1n) is 7.16. The van der Waals surface area contributed by atoms with Crippen molar-refractivity contribution in [1.82, 2.24) is 4.90 Å². The zero-order valence-electron chi connectivity index (χ0n) is 12.2. The van der Waals surface area contributed by atoms with Crippen LogP contribution in [0.5, 0.6) is 0 Å². The number of hydrogen-bond acceptors (Lipinski definition) is 1. The van der Waals surface area contributed by atoms with Crippen molar-refractivity contribution in [2.75, 3.05) is 25.9 Å². The summed E-state index contributed by atoms with van der Waals surface area (Å²) < 4.78 is 0. The van der Waals surface area contributed by atoms with E-state index in [1.165, 1.54) is 38.8 Å². The van der Waals surface area contributed by atoms with Crippen molar-refractivity contribution in [3.63, 3.8) is 0 Å². The second-order valence-electron chi connectivity index (χ2n) is 6.47. The predicted octanol–water partition coefficient (Wildman–Crippen LogP) is 3.22. The van der Waals surface area contributed by atoms with Gasteiger partial charge in [-0.2, -0.15) is 10.5 Å². The summed E-state index contributed by atoms with van der Waals surface area (Å²) in [6.07, 6.45) is 7.98. The maximum Gasteiger partial charge on any atom is 0.0601 e. The van der Waals surface area contributed by atoms with E-state index in [2.05, 4.69) is 42.7 Å². The molecule has 0 radical (unpaired) electrons. The Kier molecular flexibility index (Phi) is 4.56. The molecule has 1 unspecified atom stereocenters. The summed E-state index contributed by atoms with van der Waals surface area (Å²) in [6.45, 7) is 7.81. The molecule has 0 aromatic carbocycles. The molecule has 2 rings (SSSR count). The highest BCUT2D eigenvalue weighted by molar-refractivity contribution is 8.14. The minimum atomic E-state index is 0.394. The lowest BCUT2D eigenvalue weighted by atomic mass is 9.63. The summed E-state index contributed by atoms with van der Waals surface area (Å²) >= 11 is 0. The van der Waals surface area contributed by atoms with Crippen LogP contribution >= 0.6 is 10.5 Å². The summed E-state index contributed by atoms with van der Waals surface area (Å²) in [5, 5.41) is 0.928. The van der Waals surface area contributed by atoms with E-state index in [9.17, 15) is 0 Å². The van der Waals surface area contributed by atoms with E-state index in [0.29, 0.717) is 21.8 Å². The molecule has 1 aliphatic heterocycles. The van der Waals surface area contributed by atoms with Crippen molar-refractivity contribution in [2.45, 2.75) is 44.8 Å². The second-order valence-corrected chi connectivity index (χ2v) is 8.52. The van der Waals surface area contributed by atoms with Gasteiger partial charge in [-0.25, -0.2) is 0 Å². The number of piperidine rings is 1. The topological polar surface area (TPSA) is 3.24 Å². The van der Waals surface area contributed by atoms with Crippen LogP contribution in [0.15, 0.2) is 0 Å². The first-order chi connectivity index (χ1) is 8.51. The fraction of sp³-hybridized carbons (Fsp3) is 0.812. The molecule has 2 heteroatoms. The van der Waals surface area contributed by atoms with Gasteiger partial charge in [-0.15, -0.1) is 0 Å². The van der Waals surface area contributed by atoms with Crippen LogP contribution < -0.4 is 0 Å². The maximum atomic E-state index is 4.21. The molecule has 0 amide bonds. The molecule has 102 valence electrons. The summed E-state index contributed by atoms with van der Waals surface area (Å²) in [5.74, 6) is 11.3. The first kappa shape index (κ1) is 14.2. The van der Waals surface area contributed by atoms with Crippen LogP contribution in [0.3, 0.4) is 0 Å². The molecule has 18 heavy (non-hydrogen) atoms. The molecule has 1 heterocycles. The second kappa shape index (κ2) is 5.80. The van der Waals surface area contributed by atoms with Crippen LogP contribution in [0.2, 0.25) is 0 Å². The van der Waals surface area contributed by atoms with Gasteiger partial charge in [-0.05, 0) is 55.7 Å². The van der Waals surface area contributed by atoms with E-state index in [4.69, 9.17) is 0 Å². The standard InChI is InChI=1S/C16H27NS/c1-14(2)6-5-9-17-10-7-16(8-11-17)12-15(13-16)18(3)4/h14-15H,3,7-13H2,1-2,4H3. The Labute approximate surface area is 115 Å². The SMILES string of the molecule is C=S(C)C1CC2(CCN(CC#CC(C)C)CC2)C1. The third kappa shape index (κ3) is 3.39. The van der Waals surface area contributed by atoms with E-state index in [1.807, 2.05) is 0 Å². The number of likely N-dealkylation sites (tertiary alicyclic amines) is 1. The number of hydrogen-bond donors (Lipinski definition) is 0. The van der Waals surface area contributed by atoms with E-state index < -0.39 is 0 Å². The van der Waals surface area contributed by atoms with Crippen LogP contribution in [0.4, 0.5) is 0 Å². The van der Waals surface area contributed by atoms with Crippen molar-refractivity contribution in [2.24, 2.45) is 11.3 Å². The smallest absolute Gasteiger partial charge is 0.0601 e. The highest BCUT2D eigenvalue weighted by Crippen LogP contribution is 2.54. The summed E-state index contributed by atoms with van der Waals surface area (Å²) in [5.41, 5.74) is 0.700. The average molecular weight is 265 g/mol. The molecular formula is C16H27NS. The van der Waals surface area contributed by atoms with Gasteiger partial charge in [-0.1, -0.05) is 31.6 Å². The molecule has 1 atom stereocenters. The highest BCUT2D eigenvalue weighted by Gasteiger charge is 2.45. The highest BCUT2D eigenvalue weighted by atomic mass is 32.2. The predicted molar refractivity (Wildman–Crippen MR) is 84.4 cm³/mol. The van der Waals surface area contributed by atoms with Crippen molar-refractivity contribution in [3.8, 4) is 11.8 Å². The Balaban J connectivity index is 1.73. The third-order valence-electron chi connectivity index (χ3n) is 4.50. The van der Waals surface area contributed by atoms with Crippen LogP contribution in [-0.2, 0) is 0 Å². The van der Waals surface area contributed by atoms with Gasteiger partial charge in [0.1, 0.15) is 0 Å². The summed E-state index contributed by atoms with van der Waals surface area (Å²) in [6, 6.07) is 0. The van der Waals surface area contributed by atoms with E-state index in [0.717, 1.165) is 11.8 Å². The van der Waals surface area contributed by atoms with Gasteiger partial charge >= 0.3 is 0 Å². The molecule has 1 saturated carbocycles. The Morgan fingerprint density at radius 1 is 1.33 bits per heavy atom. The van der Waals surface area contributed by atoms with Crippen molar-refractivity contribution in [1.29, 1.82) is 0 Å².